The zero-order chi connectivity index (χ0) is 18.7. The molecular formula is C19H16ClF2N3O. The Bertz CT molecular complexity index is 976. The topological polar surface area (TPSA) is 38.1 Å². The molecule has 0 atom stereocenters. The first-order chi connectivity index (χ1) is 12.5. The lowest BCUT2D eigenvalue weighted by molar-refractivity contribution is 0.570. The highest BCUT2D eigenvalue weighted by Crippen LogP contribution is 2.22. The van der Waals surface area contributed by atoms with Crippen molar-refractivity contribution in [2.24, 2.45) is 0 Å². The smallest absolute Gasteiger partial charge is 0.287 e. The molecule has 2 aromatic carbocycles. The second-order valence-electron chi connectivity index (χ2n) is 5.88. The molecule has 0 bridgehead atoms. The maximum atomic E-state index is 13.8. The lowest BCUT2D eigenvalue weighted by Gasteiger charge is -2.21. The van der Waals surface area contributed by atoms with E-state index in [0.717, 1.165) is 11.6 Å². The Balaban J connectivity index is 1.84. The molecule has 0 N–H and O–H groups in total. The van der Waals surface area contributed by atoms with Crippen LogP contribution in [0.2, 0.25) is 5.02 Å². The summed E-state index contributed by atoms with van der Waals surface area (Å²) < 4.78 is 28.1. The van der Waals surface area contributed by atoms with E-state index in [-0.39, 0.29) is 11.6 Å². The maximum absolute atomic E-state index is 13.8. The summed E-state index contributed by atoms with van der Waals surface area (Å²) in [6.07, 6.45) is 1.47. The minimum atomic E-state index is -0.654. The molecule has 0 aliphatic rings. The van der Waals surface area contributed by atoms with Gasteiger partial charge in [-0.1, -0.05) is 48.0 Å². The second kappa shape index (κ2) is 7.66. The van der Waals surface area contributed by atoms with Gasteiger partial charge < -0.3 is 4.90 Å². The Hall–Kier alpha value is -2.73. The first-order valence-corrected chi connectivity index (χ1v) is 8.28. The van der Waals surface area contributed by atoms with Gasteiger partial charge in [0, 0.05) is 25.2 Å². The molecule has 1 heterocycles. The van der Waals surface area contributed by atoms with Crippen LogP contribution >= 0.6 is 11.6 Å². The van der Waals surface area contributed by atoms with E-state index in [9.17, 15) is 13.6 Å². The van der Waals surface area contributed by atoms with E-state index < -0.39 is 17.2 Å². The molecule has 0 radical (unpaired) electrons. The molecule has 0 saturated carbocycles. The first kappa shape index (κ1) is 18.1. The van der Waals surface area contributed by atoms with Crippen LogP contribution in [0.25, 0.3) is 0 Å². The summed E-state index contributed by atoms with van der Waals surface area (Å²) in [5.74, 6) is -1.30. The molecule has 0 unspecified atom stereocenters. The van der Waals surface area contributed by atoms with Crippen LogP contribution in [0.3, 0.4) is 0 Å². The molecule has 134 valence electrons. The molecule has 4 nitrogen and oxygen atoms in total. The highest BCUT2D eigenvalue weighted by molar-refractivity contribution is 6.33. The van der Waals surface area contributed by atoms with E-state index >= 15 is 0 Å². The Labute approximate surface area is 154 Å². The van der Waals surface area contributed by atoms with E-state index in [1.165, 1.54) is 23.0 Å². The molecule has 0 spiro atoms. The minimum Gasteiger partial charge on any atom is -0.367 e. The number of rotatable bonds is 5. The van der Waals surface area contributed by atoms with Gasteiger partial charge in [0.2, 0.25) is 0 Å². The van der Waals surface area contributed by atoms with Crippen molar-refractivity contribution >= 4 is 17.3 Å². The van der Waals surface area contributed by atoms with Gasteiger partial charge in [-0.2, -0.15) is 5.10 Å². The van der Waals surface area contributed by atoms with Gasteiger partial charge in [0.25, 0.3) is 5.56 Å². The van der Waals surface area contributed by atoms with Gasteiger partial charge >= 0.3 is 0 Å². The van der Waals surface area contributed by atoms with E-state index in [0.29, 0.717) is 17.8 Å². The Morgan fingerprint density at radius 2 is 1.88 bits per heavy atom. The third kappa shape index (κ3) is 3.91. The average molecular weight is 376 g/mol. The maximum Gasteiger partial charge on any atom is 0.287 e. The number of halogens is 3. The van der Waals surface area contributed by atoms with Crippen LogP contribution in [0.4, 0.5) is 14.5 Å². The summed E-state index contributed by atoms with van der Waals surface area (Å²) in [6, 6.07) is 12.8. The largest absolute Gasteiger partial charge is 0.367 e. The van der Waals surface area contributed by atoms with Crippen molar-refractivity contribution in [1.82, 2.24) is 9.78 Å². The normalized spacial score (nSPS) is 10.8. The van der Waals surface area contributed by atoms with Crippen LogP contribution < -0.4 is 10.5 Å². The molecule has 0 amide bonds. The highest BCUT2D eigenvalue weighted by Gasteiger charge is 2.15. The zero-order valence-electron chi connectivity index (χ0n) is 14.0. The fourth-order valence-electron chi connectivity index (χ4n) is 2.58. The van der Waals surface area contributed by atoms with Crippen molar-refractivity contribution in [1.29, 1.82) is 0 Å². The summed E-state index contributed by atoms with van der Waals surface area (Å²) in [5, 5.41) is 4.16. The molecular weight excluding hydrogens is 360 g/mol. The van der Waals surface area contributed by atoms with Crippen molar-refractivity contribution in [3.05, 3.63) is 92.9 Å². The SMILES string of the molecule is CN(Cc1ccc(F)cc1F)c1cnn(Cc2ccccc2)c(=O)c1Cl. The molecule has 3 aromatic rings. The van der Waals surface area contributed by atoms with E-state index in [1.807, 2.05) is 30.3 Å². The van der Waals surface area contributed by atoms with Crippen molar-refractivity contribution in [2.45, 2.75) is 13.1 Å². The quantitative estimate of drug-likeness (QED) is 0.679. The lowest BCUT2D eigenvalue weighted by atomic mass is 10.2. The summed E-state index contributed by atoms with van der Waals surface area (Å²) in [5.41, 5.74) is 1.16. The fourth-order valence-corrected chi connectivity index (χ4v) is 2.87. The van der Waals surface area contributed by atoms with Gasteiger partial charge in [0.05, 0.1) is 18.4 Å². The lowest BCUT2D eigenvalue weighted by Crippen LogP contribution is -2.27. The number of anilines is 1. The predicted octanol–water partition coefficient (Wildman–Crippen LogP) is 3.86. The Kier molecular flexibility index (Phi) is 5.32. The number of benzene rings is 2. The third-order valence-corrected chi connectivity index (χ3v) is 4.33. The molecule has 26 heavy (non-hydrogen) atoms. The van der Waals surface area contributed by atoms with E-state index in [2.05, 4.69) is 5.10 Å². The summed E-state index contributed by atoms with van der Waals surface area (Å²) in [4.78, 5) is 14.1. The Morgan fingerprint density at radius 1 is 1.15 bits per heavy atom. The predicted molar refractivity (Wildman–Crippen MR) is 97.5 cm³/mol. The summed E-state index contributed by atoms with van der Waals surface area (Å²) >= 11 is 6.22. The summed E-state index contributed by atoms with van der Waals surface area (Å²) in [7, 11) is 1.66. The molecule has 1 aromatic heterocycles. The van der Waals surface area contributed by atoms with Crippen molar-refractivity contribution < 1.29 is 8.78 Å². The molecule has 0 aliphatic carbocycles. The molecule has 0 aliphatic heterocycles. The number of hydrogen-bond acceptors (Lipinski definition) is 3. The molecule has 0 fully saturated rings. The summed E-state index contributed by atoms with van der Waals surface area (Å²) in [6.45, 7) is 0.422. The van der Waals surface area contributed by atoms with Crippen molar-refractivity contribution in [3.63, 3.8) is 0 Å². The van der Waals surface area contributed by atoms with Crippen LogP contribution in [-0.4, -0.2) is 16.8 Å². The number of aromatic nitrogens is 2. The van der Waals surface area contributed by atoms with Gasteiger partial charge in [-0.15, -0.1) is 0 Å². The molecule has 7 heteroatoms. The van der Waals surface area contributed by atoms with Crippen LogP contribution in [0, 0.1) is 11.6 Å². The van der Waals surface area contributed by atoms with Gasteiger partial charge in [-0.3, -0.25) is 4.79 Å². The van der Waals surface area contributed by atoms with Crippen LogP contribution in [0.5, 0.6) is 0 Å². The number of nitrogens with zero attached hydrogens (tertiary/aromatic N) is 3. The molecule has 3 rings (SSSR count). The van der Waals surface area contributed by atoms with E-state index in [4.69, 9.17) is 11.6 Å². The van der Waals surface area contributed by atoms with Crippen LogP contribution in [0.15, 0.2) is 59.5 Å². The fraction of sp³-hybridized carbons (Fsp3) is 0.158. The second-order valence-corrected chi connectivity index (χ2v) is 6.26. The van der Waals surface area contributed by atoms with Crippen molar-refractivity contribution in [2.75, 3.05) is 11.9 Å². The van der Waals surface area contributed by atoms with Gasteiger partial charge in [0.15, 0.2) is 0 Å². The standard InChI is InChI=1S/C19H16ClF2N3O/c1-24(12-14-7-8-15(21)9-16(14)22)17-10-23-25(19(26)18(17)20)11-13-5-3-2-4-6-13/h2-10H,11-12H2,1H3. The van der Waals surface area contributed by atoms with Gasteiger partial charge in [0.1, 0.15) is 16.7 Å². The van der Waals surface area contributed by atoms with Gasteiger partial charge in [-0.25, -0.2) is 13.5 Å². The number of hydrogen-bond donors (Lipinski definition) is 0. The highest BCUT2D eigenvalue weighted by atomic mass is 35.5. The van der Waals surface area contributed by atoms with Crippen molar-refractivity contribution in [3.8, 4) is 0 Å². The first-order valence-electron chi connectivity index (χ1n) is 7.90. The van der Waals surface area contributed by atoms with Gasteiger partial charge in [-0.05, 0) is 11.6 Å². The molecule has 0 saturated heterocycles. The average Bonchev–Trinajstić information content (AvgIpc) is 2.62. The van der Waals surface area contributed by atoms with E-state index in [1.54, 1.807) is 11.9 Å². The van der Waals surface area contributed by atoms with Crippen LogP contribution in [0.1, 0.15) is 11.1 Å². The van der Waals surface area contributed by atoms with Crippen LogP contribution in [-0.2, 0) is 13.1 Å². The third-order valence-electron chi connectivity index (χ3n) is 3.98. The monoisotopic (exact) mass is 375 g/mol. The minimum absolute atomic E-state index is 0.000881. The Morgan fingerprint density at radius 3 is 2.58 bits per heavy atom. The zero-order valence-corrected chi connectivity index (χ0v) is 14.8.